The first kappa shape index (κ1) is 15.9. The minimum atomic E-state index is -3.23. The zero-order chi connectivity index (χ0) is 15.9. The minimum Gasteiger partial charge on any atom is -0.444 e. The van der Waals surface area contributed by atoms with Crippen molar-refractivity contribution in [1.82, 2.24) is 14.6 Å². The highest BCUT2D eigenvalue weighted by atomic mass is 32.2. The van der Waals surface area contributed by atoms with Gasteiger partial charge >= 0.3 is 0 Å². The maximum absolute atomic E-state index is 13.7. The molecular weight excluding hydrogens is 309 g/mol. The van der Waals surface area contributed by atoms with E-state index in [9.17, 15) is 12.8 Å². The van der Waals surface area contributed by atoms with Crippen LogP contribution < -0.4 is 4.72 Å². The van der Waals surface area contributed by atoms with E-state index >= 15 is 0 Å². The summed E-state index contributed by atoms with van der Waals surface area (Å²) >= 11 is 0. The maximum atomic E-state index is 13.7. The molecule has 0 radical (unpaired) electrons. The normalized spacial score (nSPS) is 26.7. The van der Waals surface area contributed by atoms with Crippen molar-refractivity contribution in [2.45, 2.75) is 57.1 Å². The van der Waals surface area contributed by atoms with Gasteiger partial charge in [-0.2, -0.15) is 0 Å². The second-order valence-electron chi connectivity index (χ2n) is 6.26. The standard InChI is InChI=1S/C14H22FN3O3S/c1-9-10(2)21-14(17-9)8-18-7-11(15)5-12(18)6-16-22(19,20)13-3-4-13/h11-13,16H,3-8H2,1-2H3/t11-,12-/m0/s1. The zero-order valence-corrected chi connectivity index (χ0v) is 13.7. The molecule has 2 atom stereocenters. The van der Waals surface area contributed by atoms with E-state index in [4.69, 9.17) is 4.42 Å². The average Bonchev–Trinajstić information content (AvgIpc) is 3.17. The number of rotatable bonds is 6. The molecule has 1 saturated carbocycles. The molecule has 2 heterocycles. The molecule has 0 amide bonds. The van der Waals surface area contributed by atoms with Crippen LogP contribution >= 0.6 is 0 Å². The summed E-state index contributed by atoms with van der Waals surface area (Å²) in [6, 6.07) is -0.156. The lowest BCUT2D eigenvalue weighted by Gasteiger charge is -2.22. The molecule has 0 spiro atoms. The van der Waals surface area contributed by atoms with Gasteiger partial charge in [0.25, 0.3) is 0 Å². The van der Waals surface area contributed by atoms with Gasteiger partial charge in [0.05, 0.1) is 17.5 Å². The summed E-state index contributed by atoms with van der Waals surface area (Å²) in [6.07, 6.45) is 0.855. The summed E-state index contributed by atoms with van der Waals surface area (Å²) < 4.78 is 45.7. The molecule has 2 aliphatic rings. The summed E-state index contributed by atoms with van der Waals surface area (Å²) in [5.74, 6) is 1.32. The van der Waals surface area contributed by atoms with Gasteiger partial charge < -0.3 is 4.42 Å². The van der Waals surface area contributed by atoms with Crippen molar-refractivity contribution in [2.24, 2.45) is 0 Å². The van der Waals surface area contributed by atoms with E-state index in [0.717, 1.165) is 24.3 Å². The molecule has 8 heteroatoms. The molecule has 1 aliphatic heterocycles. The van der Waals surface area contributed by atoms with Crippen LogP contribution in [0.1, 0.15) is 36.6 Å². The fourth-order valence-corrected chi connectivity index (χ4v) is 4.23. The molecule has 0 unspecified atom stereocenters. The highest BCUT2D eigenvalue weighted by Gasteiger charge is 2.38. The average molecular weight is 331 g/mol. The summed E-state index contributed by atoms with van der Waals surface area (Å²) in [4.78, 5) is 6.22. The van der Waals surface area contributed by atoms with Crippen molar-refractivity contribution >= 4 is 10.0 Å². The van der Waals surface area contributed by atoms with Crippen molar-refractivity contribution in [2.75, 3.05) is 13.1 Å². The number of aryl methyl sites for hydroxylation is 2. The van der Waals surface area contributed by atoms with Gasteiger partial charge in [0.1, 0.15) is 11.9 Å². The van der Waals surface area contributed by atoms with Crippen molar-refractivity contribution in [3.05, 3.63) is 17.3 Å². The molecule has 1 aromatic heterocycles. The van der Waals surface area contributed by atoms with Crippen LogP contribution in [-0.2, 0) is 16.6 Å². The number of hydrogen-bond donors (Lipinski definition) is 1. The topological polar surface area (TPSA) is 75.4 Å². The Kier molecular flexibility index (Phi) is 4.26. The van der Waals surface area contributed by atoms with E-state index in [0.29, 0.717) is 18.9 Å². The fraction of sp³-hybridized carbons (Fsp3) is 0.786. The van der Waals surface area contributed by atoms with E-state index in [2.05, 4.69) is 9.71 Å². The molecule has 1 aromatic rings. The number of likely N-dealkylation sites (tertiary alicyclic amines) is 1. The highest BCUT2D eigenvalue weighted by molar-refractivity contribution is 7.90. The van der Waals surface area contributed by atoms with Gasteiger partial charge in [0, 0.05) is 19.1 Å². The summed E-state index contributed by atoms with van der Waals surface area (Å²) in [7, 11) is -3.23. The van der Waals surface area contributed by atoms with Gasteiger partial charge in [0.15, 0.2) is 0 Å². The molecule has 22 heavy (non-hydrogen) atoms. The first-order valence-electron chi connectivity index (χ1n) is 7.64. The molecule has 1 saturated heterocycles. The molecule has 6 nitrogen and oxygen atoms in total. The van der Waals surface area contributed by atoms with Crippen molar-refractivity contribution in [3.63, 3.8) is 0 Å². The number of sulfonamides is 1. The third-order valence-corrected chi connectivity index (χ3v) is 6.29. The SMILES string of the molecule is Cc1nc(CN2C[C@@H](F)C[C@H]2CNS(=O)(=O)C2CC2)oc1C. The first-order valence-corrected chi connectivity index (χ1v) is 9.19. The lowest BCUT2D eigenvalue weighted by atomic mass is 10.2. The second-order valence-corrected chi connectivity index (χ2v) is 8.30. The molecule has 2 fully saturated rings. The number of alkyl halides is 1. The van der Waals surface area contributed by atoms with Gasteiger partial charge in [-0.25, -0.2) is 22.5 Å². The van der Waals surface area contributed by atoms with Gasteiger partial charge in [0.2, 0.25) is 15.9 Å². The van der Waals surface area contributed by atoms with Crippen molar-refractivity contribution in [1.29, 1.82) is 0 Å². The molecule has 0 aromatic carbocycles. The molecule has 1 aliphatic carbocycles. The largest absolute Gasteiger partial charge is 0.444 e. The van der Waals surface area contributed by atoms with Gasteiger partial charge in [-0.05, 0) is 33.1 Å². The molecule has 1 N–H and O–H groups in total. The number of halogens is 1. The van der Waals surface area contributed by atoms with Crippen LogP contribution in [0.15, 0.2) is 4.42 Å². The van der Waals surface area contributed by atoms with Gasteiger partial charge in [-0.3, -0.25) is 4.90 Å². The Bertz CT molecular complexity index is 622. The van der Waals surface area contributed by atoms with E-state index in [1.165, 1.54) is 0 Å². The summed E-state index contributed by atoms with van der Waals surface area (Å²) in [5.41, 5.74) is 0.831. The van der Waals surface area contributed by atoms with Crippen molar-refractivity contribution < 1.29 is 17.2 Å². The number of hydrogen-bond acceptors (Lipinski definition) is 5. The van der Waals surface area contributed by atoms with Crippen LogP contribution in [0.5, 0.6) is 0 Å². The maximum Gasteiger partial charge on any atom is 0.214 e. The Labute approximate surface area is 130 Å². The molecular formula is C14H22FN3O3S. The predicted molar refractivity (Wildman–Crippen MR) is 79.6 cm³/mol. The van der Waals surface area contributed by atoms with Gasteiger partial charge in [-0.1, -0.05) is 0 Å². The summed E-state index contributed by atoms with van der Waals surface area (Å²) in [5, 5.41) is -0.249. The quantitative estimate of drug-likeness (QED) is 0.850. The Morgan fingerprint density at radius 1 is 1.41 bits per heavy atom. The number of nitrogens with zero attached hydrogens (tertiary/aromatic N) is 2. The summed E-state index contributed by atoms with van der Waals surface area (Å²) in [6.45, 7) is 4.65. The van der Waals surface area contributed by atoms with E-state index < -0.39 is 16.2 Å². The monoisotopic (exact) mass is 331 g/mol. The molecule has 3 rings (SSSR count). The van der Waals surface area contributed by atoms with E-state index in [1.54, 1.807) is 0 Å². The second kappa shape index (κ2) is 5.90. The molecule has 0 bridgehead atoms. The Morgan fingerprint density at radius 2 is 2.14 bits per heavy atom. The van der Waals surface area contributed by atoms with E-state index in [-0.39, 0.29) is 24.4 Å². The van der Waals surface area contributed by atoms with Crippen LogP contribution in [0.2, 0.25) is 0 Å². The van der Waals surface area contributed by atoms with Crippen LogP contribution in [0.3, 0.4) is 0 Å². The molecule has 124 valence electrons. The Morgan fingerprint density at radius 3 is 2.73 bits per heavy atom. The number of oxazole rings is 1. The number of nitrogens with one attached hydrogen (secondary N) is 1. The lowest BCUT2D eigenvalue weighted by molar-refractivity contribution is 0.212. The smallest absolute Gasteiger partial charge is 0.214 e. The third-order valence-electron chi connectivity index (χ3n) is 4.37. The zero-order valence-electron chi connectivity index (χ0n) is 12.9. The number of aromatic nitrogens is 1. The first-order chi connectivity index (χ1) is 10.3. The Balaban J connectivity index is 1.61. The van der Waals surface area contributed by atoms with Crippen LogP contribution in [0.25, 0.3) is 0 Å². The van der Waals surface area contributed by atoms with Crippen molar-refractivity contribution in [3.8, 4) is 0 Å². The fourth-order valence-electron chi connectivity index (χ4n) is 2.82. The predicted octanol–water partition coefficient (Wildman–Crippen LogP) is 1.29. The van der Waals surface area contributed by atoms with Crippen LogP contribution in [-0.4, -0.2) is 48.9 Å². The highest BCUT2D eigenvalue weighted by Crippen LogP contribution is 2.28. The van der Waals surface area contributed by atoms with E-state index in [1.807, 2.05) is 18.7 Å². The third kappa shape index (κ3) is 3.49. The Hall–Kier alpha value is -0.990. The minimum absolute atomic E-state index is 0.156. The van der Waals surface area contributed by atoms with Crippen LogP contribution in [0.4, 0.5) is 4.39 Å². The van der Waals surface area contributed by atoms with Gasteiger partial charge in [-0.15, -0.1) is 0 Å². The van der Waals surface area contributed by atoms with Crippen LogP contribution in [0, 0.1) is 13.8 Å². The lowest BCUT2D eigenvalue weighted by Crippen LogP contribution is -2.40.